The first-order valence-corrected chi connectivity index (χ1v) is 8.97. The highest BCUT2D eigenvalue weighted by molar-refractivity contribution is 7.99. The third-order valence-electron chi connectivity index (χ3n) is 3.43. The van der Waals surface area contributed by atoms with Gasteiger partial charge in [-0.3, -0.25) is 9.59 Å². The van der Waals surface area contributed by atoms with Crippen LogP contribution in [-0.4, -0.2) is 32.2 Å². The van der Waals surface area contributed by atoms with Crippen LogP contribution in [0.3, 0.4) is 0 Å². The number of rotatable bonds is 9. The number of ketones is 1. The molecule has 0 saturated carbocycles. The molecule has 2 rings (SSSR count). The molecule has 0 aliphatic carbocycles. The summed E-state index contributed by atoms with van der Waals surface area (Å²) in [5, 5.41) is 8.89. The van der Waals surface area contributed by atoms with Gasteiger partial charge in [0.2, 0.25) is 5.91 Å². The van der Waals surface area contributed by atoms with E-state index in [1.807, 2.05) is 4.57 Å². The van der Waals surface area contributed by atoms with Gasteiger partial charge in [-0.15, -0.1) is 10.2 Å². The number of carbonyl (C=O) groups is 2. The van der Waals surface area contributed by atoms with Gasteiger partial charge in [-0.25, -0.2) is 4.39 Å². The fourth-order valence-electron chi connectivity index (χ4n) is 2.24. The van der Waals surface area contributed by atoms with Crippen molar-refractivity contribution in [1.82, 2.24) is 14.8 Å². The first-order chi connectivity index (χ1) is 11.9. The summed E-state index contributed by atoms with van der Waals surface area (Å²) in [6.45, 7) is 4.82. The molecule has 1 amide bonds. The van der Waals surface area contributed by atoms with Crippen LogP contribution in [0.25, 0.3) is 0 Å². The lowest BCUT2D eigenvalue weighted by atomic mass is 10.1. The Morgan fingerprint density at radius 2 is 1.92 bits per heavy atom. The number of thioether (sulfide) groups is 1. The van der Waals surface area contributed by atoms with Crippen molar-refractivity contribution in [2.45, 2.75) is 38.4 Å². The van der Waals surface area contributed by atoms with Crippen LogP contribution >= 0.6 is 11.8 Å². The Balaban J connectivity index is 2.08. The van der Waals surface area contributed by atoms with Gasteiger partial charge in [-0.05, 0) is 30.2 Å². The number of aryl methyl sites for hydroxylation is 1. The molecule has 134 valence electrons. The molecule has 2 N–H and O–H groups in total. The van der Waals surface area contributed by atoms with Crippen molar-refractivity contribution < 1.29 is 14.0 Å². The van der Waals surface area contributed by atoms with Crippen molar-refractivity contribution in [3.05, 3.63) is 41.5 Å². The lowest BCUT2D eigenvalue weighted by molar-refractivity contribution is -0.118. The molecule has 1 aromatic carbocycles. The number of amides is 1. The first kappa shape index (κ1) is 19.1. The average Bonchev–Trinajstić information content (AvgIpc) is 2.92. The van der Waals surface area contributed by atoms with Crippen molar-refractivity contribution in [3.63, 3.8) is 0 Å². The third kappa shape index (κ3) is 5.67. The van der Waals surface area contributed by atoms with Crippen molar-refractivity contribution in [2.75, 3.05) is 5.75 Å². The number of hydrogen-bond acceptors (Lipinski definition) is 5. The smallest absolute Gasteiger partial charge is 0.217 e. The zero-order valence-electron chi connectivity index (χ0n) is 14.2. The molecule has 2 aromatic rings. The summed E-state index contributed by atoms with van der Waals surface area (Å²) in [6.07, 6.45) is 0.622. The highest BCUT2D eigenvalue weighted by atomic mass is 32.2. The van der Waals surface area contributed by atoms with Crippen molar-refractivity contribution >= 4 is 23.5 Å². The molecule has 6 nitrogen and oxygen atoms in total. The number of nitrogens with zero attached hydrogens (tertiary/aromatic N) is 3. The Hall–Kier alpha value is -2.22. The van der Waals surface area contributed by atoms with Crippen LogP contribution in [0.4, 0.5) is 4.39 Å². The SMILES string of the molecule is CC(C)Cn1c(CCC(N)=O)nnc1SCC(=O)c1ccc(F)cc1. The van der Waals surface area contributed by atoms with E-state index in [1.165, 1.54) is 36.0 Å². The zero-order valence-corrected chi connectivity index (χ0v) is 15.1. The van der Waals surface area contributed by atoms with Crippen LogP contribution in [0, 0.1) is 11.7 Å². The quantitative estimate of drug-likeness (QED) is 0.545. The second kappa shape index (κ2) is 8.75. The highest BCUT2D eigenvalue weighted by Gasteiger charge is 2.16. The second-order valence-corrected chi connectivity index (χ2v) is 7.03. The predicted molar refractivity (Wildman–Crippen MR) is 93.8 cm³/mol. The minimum Gasteiger partial charge on any atom is -0.370 e. The van der Waals surface area contributed by atoms with Crippen LogP contribution in [0.15, 0.2) is 29.4 Å². The van der Waals surface area contributed by atoms with Crippen LogP contribution in [0.2, 0.25) is 0 Å². The van der Waals surface area contributed by atoms with Gasteiger partial charge in [-0.2, -0.15) is 0 Å². The van der Waals surface area contributed by atoms with E-state index in [9.17, 15) is 14.0 Å². The number of nitrogens with two attached hydrogens (primary N) is 1. The molecule has 0 fully saturated rings. The van der Waals surface area contributed by atoms with E-state index in [1.54, 1.807) is 0 Å². The van der Waals surface area contributed by atoms with Crippen molar-refractivity contribution in [3.8, 4) is 0 Å². The predicted octanol–water partition coefficient (Wildman–Crippen LogP) is 2.47. The minimum absolute atomic E-state index is 0.109. The van der Waals surface area contributed by atoms with E-state index in [0.29, 0.717) is 35.4 Å². The standard InChI is InChI=1S/C17H21FN4O2S/c1-11(2)9-22-16(8-7-15(19)24)20-21-17(22)25-10-14(23)12-3-5-13(18)6-4-12/h3-6,11H,7-10H2,1-2H3,(H2,19,24). The molecule has 0 aliphatic rings. The Kier molecular flexibility index (Phi) is 6.69. The summed E-state index contributed by atoms with van der Waals surface area (Å²) < 4.78 is 14.9. The van der Waals surface area contributed by atoms with E-state index in [4.69, 9.17) is 5.73 Å². The van der Waals surface area contributed by atoms with E-state index in [0.717, 1.165) is 0 Å². The van der Waals surface area contributed by atoms with Crippen LogP contribution < -0.4 is 5.73 Å². The lowest BCUT2D eigenvalue weighted by Crippen LogP contribution is -2.15. The van der Waals surface area contributed by atoms with E-state index >= 15 is 0 Å². The molecule has 25 heavy (non-hydrogen) atoms. The molecule has 0 unspecified atom stereocenters. The number of benzene rings is 1. The summed E-state index contributed by atoms with van der Waals surface area (Å²) >= 11 is 1.28. The number of halogens is 1. The number of Topliss-reactive ketones (excluding diaryl/α,β-unsaturated/α-hetero) is 1. The molecule has 0 saturated heterocycles. The summed E-state index contributed by atoms with van der Waals surface area (Å²) in [7, 11) is 0. The van der Waals surface area contributed by atoms with Crippen molar-refractivity contribution in [1.29, 1.82) is 0 Å². The fourth-order valence-corrected chi connectivity index (χ4v) is 3.10. The first-order valence-electron chi connectivity index (χ1n) is 7.98. The van der Waals surface area contributed by atoms with Gasteiger partial charge >= 0.3 is 0 Å². The van der Waals surface area contributed by atoms with E-state index in [-0.39, 0.29) is 29.7 Å². The maximum absolute atomic E-state index is 12.9. The summed E-state index contributed by atoms with van der Waals surface area (Å²) in [4.78, 5) is 23.2. The Morgan fingerprint density at radius 3 is 2.52 bits per heavy atom. The average molecular weight is 364 g/mol. The Bertz CT molecular complexity index is 744. The topological polar surface area (TPSA) is 90.9 Å². The molecule has 1 heterocycles. The van der Waals surface area contributed by atoms with Gasteiger partial charge in [-0.1, -0.05) is 25.6 Å². The molecule has 1 aromatic heterocycles. The van der Waals surface area contributed by atoms with E-state index in [2.05, 4.69) is 24.0 Å². The van der Waals surface area contributed by atoms with E-state index < -0.39 is 0 Å². The molecule has 0 bridgehead atoms. The maximum atomic E-state index is 12.9. The van der Waals surface area contributed by atoms with Crippen molar-refractivity contribution in [2.24, 2.45) is 11.7 Å². The van der Waals surface area contributed by atoms with Gasteiger partial charge in [0.05, 0.1) is 5.75 Å². The third-order valence-corrected chi connectivity index (χ3v) is 4.40. The second-order valence-electron chi connectivity index (χ2n) is 6.09. The Morgan fingerprint density at radius 1 is 1.24 bits per heavy atom. The van der Waals surface area contributed by atoms with Gasteiger partial charge in [0.25, 0.3) is 0 Å². The zero-order chi connectivity index (χ0) is 18.4. The fraction of sp³-hybridized carbons (Fsp3) is 0.412. The van der Waals surface area contributed by atoms with Crippen LogP contribution in [-0.2, 0) is 17.8 Å². The molecule has 0 spiro atoms. The molecule has 8 heteroatoms. The summed E-state index contributed by atoms with van der Waals surface area (Å²) in [6, 6.07) is 5.47. The molecular weight excluding hydrogens is 343 g/mol. The number of hydrogen-bond donors (Lipinski definition) is 1. The number of carbonyl (C=O) groups excluding carboxylic acids is 2. The number of primary amides is 1. The lowest BCUT2D eigenvalue weighted by Gasteiger charge is -2.12. The maximum Gasteiger partial charge on any atom is 0.217 e. The van der Waals surface area contributed by atoms with Gasteiger partial charge < -0.3 is 10.3 Å². The van der Waals surface area contributed by atoms with Crippen LogP contribution in [0.1, 0.15) is 36.5 Å². The van der Waals surface area contributed by atoms with Gasteiger partial charge in [0.1, 0.15) is 11.6 Å². The minimum atomic E-state index is -0.389. The monoisotopic (exact) mass is 364 g/mol. The molecular formula is C17H21FN4O2S. The van der Waals surface area contributed by atoms with Crippen LogP contribution in [0.5, 0.6) is 0 Å². The molecule has 0 radical (unpaired) electrons. The Labute approximate surface area is 150 Å². The highest BCUT2D eigenvalue weighted by Crippen LogP contribution is 2.21. The number of aromatic nitrogens is 3. The summed E-state index contributed by atoms with van der Waals surface area (Å²) in [5.41, 5.74) is 5.66. The molecule has 0 atom stereocenters. The largest absolute Gasteiger partial charge is 0.370 e. The molecule has 0 aliphatic heterocycles. The summed E-state index contributed by atoms with van der Waals surface area (Å²) in [5.74, 6) is 0.347. The normalized spacial score (nSPS) is 11.0. The van der Waals surface area contributed by atoms with Gasteiger partial charge in [0.15, 0.2) is 10.9 Å². The van der Waals surface area contributed by atoms with Gasteiger partial charge in [0, 0.05) is 24.9 Å².